The van der Waals surface area contributed by atoms with Crippen LogP contribution in [-0.2, 0) is 21.8 Å². The Morgan fingerprint density at radius 1 is 0.727 bits per heavy atom. The zero-order valence-corrected chi connectivity index (χ0v) is 23.8. The summed E-state index contributed by atoms with van der Waals surface area (Å²) in [4.78, 5) is 4.86. The molecule has 1 saturated heterocycles. The summed E-state index contributed by atoms with van der Waals surface area (Å²) >= 11 is 0. The molecule has 1 saturated carbocycles. The van der Waals surface area contributed by atoms with Crippen LogP contribution in [-0.4, -0.2) is 18.5 Å². The maximum atomic E-state index is 5.94. The van der Waals surface area contributed by atoms with Crippen molar-refractivity contribution < 1.29 is 21.8 Å². The van der Waals surface area contributed by atoms with Crippen molar-refractivity contribution in [1.82, 2.24) is 0 Å². The fourth-order valence-corrected chi connectivity index (χ4v) is 5.46. The molecule has 1 aromatic carbocycles. The van der Waals surface area contributed by atoms with Gasteiger partial charge < -0.3 is 4.74 Å². The minimum Gasteiger partial charge on any atom is -0.478 e. The van der Waals surface area contributed by atoms with Crippen LogP contribution in [0.5, 0.6) is 0 Å². The monoisotopic (exact) mass is 503 g/mol. The van der Waals surface area contributed by atoms with E-state index in [1.807, 2.05) is 0 Å². The number of hydrogen-bond donors (Lipinski definition) is 0. The fourth-order valence-electron chi connectivity index (χ4n) is 4.07. The van der Waals surface area contributed by atoms with Crippen LogP contribution in [0.2, 0.25) is 0 Å². The Bertz CT molecular complexity index is 731. The number of benzene rings is 1. The van der Waals surface area contributed by atoms with Crippen molar-refractivity contribution in [2.24, 2.45) is 10.4 Å². The van der Waals surface area contributed by atoms with Gasteiger partial charge in [0.15, 0.2) is 5.90 Å². The van der Waals surface area contributed by atoms with Gasteiger partial charge in [-0.05, 0) is 55.1 Å². The smallest absolute Gasteiger partial charge is 0.478 e. The van der Waals surface area contributed by atoms with Crippen molar-refractivity contribution in [3.63, 3.8) is 0 Å². The number of ether oxygens (including phenoxy) is 1. The maximum Gasteiger partial charge on any atom is 2.00 e. The molecule has 1 aromatic rings. The zero-order chi connectivity index (χ0) is 23.8. The topological polar surface area (TPSA) is 21.6 Å². The van der Waals surface area contributed by atoms with Crippen molar-refractivity contribution >= 4 is 14.5 Å². The van der Waals surface area contributed by atoms with E-state index in [2.05, 4.69) is 99.6 Å². The molecule has 10 radical (unpaired) electrons. The largest absolute Gasteiger partial charge is 2.00 e. The van der Waals surface area contributed by atoms with Crippen LogP contribution in [0.3, 0.4) is 0 Å². The first-order valence-electron chi connectivity index (χ1n) is 11.5. The van der Waals surface area contributed by atoms with Crippen LogP contribution in [0.25, 0.3) is 0 Å². The van der Waals surface area contributed by atoms with Gasteiger partial charge in [-0.25, -0.2) is 4.99 Å². The Hall–Kier alpha value is -0.361. The summed E-state index contributed by atoms with van der Waals surface area (Å²) in [5.41, 5.74) is 4.06. The van der Waals surface area contributed by atoms with E-state index in [0.717, 1.165) is 5.90 Å². The number of aliphatic imine (C=N–C) groups is 1. The van der Waals surface area contributed by atoms with Crippen LogP contribution in [0, 0.1) is 58.2 Å². The van der Waals surface area contributed by atoms with E-state index in [1.54, 1.807) is 0 Å². The average molecular weight is 503 g/mol. The molecule has 0 bridgehead atoms. The molecular weight excluding hydrogens is 465 g/mol. The molecule has 2 nitrogen and oxygen atoms in total. The summed E-state index contributed by atoms with van der Waals surface area (Å²) < 4.78 is 5.94. The molecule has 3 aliphatic rings. The van der Waals surface area contributed by atoms with Crippen molar-refractivity contribution in [2.45, 2.75) is 75.3 Å². The average Bonchev–Trinajstić information content (AvgIpc) is 3.41. The predicted octanol–water partition coefficient (Wildman–Crippen LogP) is 8.06. The normalized spacial score (nSPS) is 26.4. The van der Waals surface area contributed by atoms with E-state index in [9.17, 15) is 0 Å². The minimum absolute atomic E-state index is 0. The molecule has 2 heterocycles. The predicted molar refractivity (Wildman–Crippen MR) is 138 cm³/mol. The Morgan fingerprint density at radius 2 is 1.18 bits per heavy atom. The van der Waals surface area contributed by atoms with Crippen molar-refractivity contribution in [1.29, 1.82) is 0 Å². The van der Waals surface area contributed by atoms with Gasteiger partial charge in [-0.3, -0.25) is 0 Å². The molecule has 0 unspecified atom stereocenters. The maximum absolute atomic E-state index is 5.94. The molecule has 4 heteroatoms. The summed E-state index contributed by atoms with van der Waals surface area (Å²) in [6.45, 7) is 22.7. The second-order valence-electron chi connectivity index (χ2n) is 10.2. The molecule has 0 spiro atoms. The second kappa shape index (κ2) is 11.6. The molecule has 0 amide bonds. The number of hydrogen-bond acceptors (Lipinski definition) is 2. The van der Waals surface area contributed by atoms with E-state index >= 15 is 0 Å². The van der Waals surface area contributed by atoms with E-state index in [0.29, 0.717) is 6.61 Å². The third-order valence-corrected chi connectivity index (χ3v) is 8.78. The summed E-state index contributed by atoms with van der Waals surface area (Å²) in [6, 6.07) is 10.9. The van der Waals surface area contributed by atoms with E-state index in [-0.39, 0.29) is 28.5 Å². The summed E-state index contributed by atoms with van der Waals surface area (Å²) in [5.74, 6) is 10.9. The number of nitrogens with zero attached hydrogens (tertiary/aromatic N) is 1. The standard InChI is InChI=1S/C19H23NOP.C10H15.Fe/c1-12-13(2)17(18-20-15(11-21-18)19(3,4)5)22-16(12)14-9-7-6-8-10-14;1-6-7(2)9(4)10(5)8(6)3;/h6-10,15H,11H2,1-5H3;1-5H3;/q;;+2/t15-;;/m1../s1. The zero-order valence-electron chi connectivity index (χ0n) is 21.8. The molecule has 4 rings (SSSR count). The molecule has 1 atom stereocenters. The van der Waals surface area contributed by atoms with Crippen LogP contribution < -0.4 is 0 Å². The first-order chi connectivity index (χ1) is 14.9. The van der Waals surface area contributed by atoms with Crippen LogP contribution in [0.15, 0.2) is 35.3 Å². The van der Waals surface area contributed by atoms with Crippen LogP contribution in [0.1, 0.15) is 74.8 Å². The van der Waals surface area contributed by atoms with Crippen LogP contribution >= 0.6 is 8.58 Å². The summed E-state index contributed by atoms with van der Waals surface area (Å²) in [6.07, 6.45) is 0. The summed E-state index contributed by atoms with van der Waals surface area (Å²) in [7, 11) is 1.22. The van der Waals surface area contributed by atoms with Gasteiger partial charge >= 0.3 is 17.1 Å². The first-order valence-corrected chi connectivity index (χ1v) is 12.4. The van der Waals surface area contributed by atoms with E-state index in [4.69, 9.17) is 9.73 Å². The fraction of sp³-hybridized carbons (Fsp3) is 0.448. The van der Waals surface area contributed by atoms with Crippen molar-refractivity contribution in [3.05, 3.63) is 88.6 Å². The third kappa shape index (κ3) is 6.26. The van der Waals surface area contributed by atoms with E-state index in [1.165, 1.54) is 66.9 Å². The van der Waals surface area contributed by atoms with Gasteiger partial charge in [-0.2, -0.15) is 0 Å². The molecule has 176 valence electrons. The van der Waals surface area contributed by atoms with Gasteiger partial charge in [0.2, 0.25) is 0 Å². The SMILES string of the molecule is C[C]1[C](C)[C](C)[C](C)[C]1C.C[C]1[C](C)[C](c2ccccc2)[P][C]1C1=N[C@@H](C(C)(C)C)CO1.[Fe+2]. The molecule has 2 aliphatic heterocycles. The van der Waals surface area contributed by atoms with Gasteiger partial charge in [0.1, 0.15) is 6.61 Å². The second-order valence-corrected chi connectivity index (χ2v) is 11.3. The van der Waals surface area contributed by atoms with Crippen molar-refractivity contribution in [3.8, 4) is 0 Å². The number of rotatable bonds is 2. The molecule has 2 fully saturated rings. The van der Waals surface area contributed by atoms with Gasteiger partial charge in [0.05, 0.1) is 11.7 Å². The molecule has 0 N–H and O–H groups in total. The van der Waals surface area contributed by atoms with Gasteiger partial charge in [0, 0.05) is 11.6 Å². The Labute approximate surface area is 216 Å². The van der Waals surface area contributed by atoms with Gasteiger partial charge in [-0.1, -0.05) is 99.6 Å². The molecule has 0 aromatic heterocycles. The summed E-state index contributed by atoms with van der Waals surface area (Å²) in [5, 5.41) is 0. The van der Waals surface area contributed by atoms with Gasteiger partial charge in [0.25, 0.3) is 0 Å². The molecule has 33 heavy (non-hydrogen) atoms. The Morgan fingerprint density at radius 3 is 1.61 bits per heavy atom. The van der Waals surface area contributed by atoms with Crippen molar-refractivity contribution in [2.75, 3.05) is 6.61 Å². The van der Waals surface area contributed by atoms with Gasteiger partial charge in [-0.15, -0.1) is 0 Å². The molecular formula is C29H38FeNOP+2. The van der Waals surface area contributed by atoms with E-state index < -0.39 is 0 Å². The van der Waals surface area contributed by atoms with Crippen LogP contribution in [0.4, 0.5) is 0 Å². The Balaban J connectivity index is 0.000000297. The first kappa shape index (κ1) is 28.9. The Kier molecular flexibility index (Phi) is 10.1. The molecule has 1 aliphatic carbocycles. The third-order valence-electron chi connectivity index (χ3n) is 7.21. The minimum atomic E-state index is 0. The quantitative estimate of drug-likeness (QED) is 0.296.